The summed E-state index contributed by atoms with van der Waals surface area (Å²) in [5.41, 5.74) is 6.46. The standard InChI is InChI=1S/C22H21NO6/c1-22(23)21(28-18(24)12-13-19(25)29-22)20(14-4-8-16(26-2)9-5-14)15-6-10-17(27-3)11-7-15/h4-13H,23H2,1-3H3/b13-12+. The van der Waals surface area contributed by atoms with E-state index in [2.05, 4.69) is 0 Å². The smallest absolute Gasteiger partial charge is 0.336 e. The van der Waals surface area contributed by atoms with Crippen molar-refractivity contribution < 1.29 is 28.5 Å². The lowest BCUT2D eigenvalue weighted by Crippen LogP contribution is -2.45. The molecule has 0 bridgehead atoms. The fraction of sp³-hybridized carbons (Fsp3) is 0.182. The summed E-state index contributed by atoms with van der Waals surface area (Å²) in [7, 11) is 3.13. The van der Waals surface area contributed by atoms with E-state index in [0.29, 0.717) is 28.2 Å². The van der Waals surface area contributed by atoms with Crippen molar-refractivity contribution in [1.82, 2.24) is 0 Å². The highest BCUT2D eigenvalue weighted by Gasteiger charge is 2.36. The Morgan fingerprint density at radius 2 is 1.28 bits per heavy atom. The first kappa shape index (κ1) is 20.2. The van der Waals surface area contributed by atoms with Gasteiger partial charge in [-0.15, -0.1) is 0 Å². The molecule has 0 aliphatic carbocycles. The first-order valence-corrected chi connectivity index (χ1v) is 8.79. The maximum atomic E-state index is 12.2. The van der Waals surface area contributed by atoms with E-state index in [4.69, 9.17) is 24.7 Å². The number of rotatable bonds is 4. The molecule has 7 heteroatoms. The molecule has 7 nitrogen and oxygen atoms in total. The monoisotopic (exact) mass is 395 g/mol. The molecule has 2 aromatic carbocycles. The van der Waals surface area contributed by atoms with Crippen molar-refractivity contribution in [2.45, 2.75) is 12.6 Å². The van der Waals surface area contributed by atoms with Gasteiger partial charge in [0.15, 0.2) is 5.76 Å². The highest BCUT2D eigenvalue weighted by molar-refractivity contribution is 5.95. The zero-order valence-corrected chi connectivity index (χ0v) is 16.3. The van der Waals surface area contributed by atoms with E-state index in [-0.39, 0.29) is 5.76 Å². The zero-order valence-electron chi connectivity index (χ0n) is 16.3. The molecule has 0 radical (unpaired) electrons. The normalized spacial score (nSPS) is 20.1. The molecule has 2 aromatic rings. The van der Waals surface area contributed by atoms with Gasteiger partial charge >= 0.3 is 11.9 Å². The highest BCUT2D eigenvalue weighted by Crippen LogP contribution is 2.35. The molecule has 1 aliphatic heterocycles. The minimum Gasteiger partial charge on any atom is -0.497 e. The van der Waals surface area contributed by atoms with Crippen LogP contribution in [0.4, 0.5) is 0 Å². The van der Waals surface area contributed by atoms with Crippen LogP contribution in [0.3, 0.4) is 0 Å². The SMILES string of the molecule is COc1ccc(C(=C2OC(=O)/C=C/C(=O)OC2(C)N)c2ccc(OC)cc2)cc1. The quantitative estimate of drug-likeness (QED) is 0.795. The van der Waals surface area contributed by atoms with Crippen molar-refractivity contribution in [3.8, 4) is 11.5 Å². The predicted molar refractivity (Wildman–Crippen MR) is 106 cm³/mol. The Kier molecular flexibility index (Phi) is 5.70. The van der Waals surface area contributed by atoms with Crippen LogP contribution in [0.5, 0.6) is 11.5 Å². The number of ether oxygens (including phenoxy) is 4. The minimum atomic E-state index is -1.69. The van der Waals surface area contributed by atoms with E-state index in [1.54, 1.807) is 62.8 Å². The molecule has 3 rings (SSSR count). The third-order valence-corrected chi connectivity index (χ3v) is 4.31. The Labute approximate surface area is 168 Å². The fourth-order valence-corrected chi connectivity index (χ4v) is 2.90. The summed E-state index contributed by atoms with van der Waals surface area (Å²) in [6, 6.07) is 14.3. The molecule has 1 aliphatic rings. The molecule has 0 fully saturated rings. The summed E-state index contributed by atoms with van der Waals surface area (Å²) < 4.78 is 21.3. The van der Waals surface area contributed by atoms with Gasteiger partial charge in [0.05, 0.1) is 14.2 Å². The second kappa shape index (κ2) is 8.20. The molecular weight excluding hydrogens is 374 g/mol. The molecule has 1 unspecified atom stereocenters. The number of methoxy groups -OCH3 is 2. The van der Waals surface area contributed by atoms with Gasteiger partial charge in [0.2, 0.25) is 5.72 Å². The molecule has 29 heavy (non-hydrogen) atoms. The highest BCUT2D eigenvalue weighted by atomic mass is 16.6. The van der Waals surface area contributed by atoms with E-state index < -0.39 is 17.7 Å². The van der Waals surface area contributed by atoms with Crippen LogP contribution in [-0.2, 0) is 19.1 Å². The van der Waals surface area contributed by atoms with Crippen molar-refractivity contribution >= 4 is 17.5 Å². The van der Waals surface area contributed by atoms with Crippen molar-refractivity contribution in [2.75, 3.05) is 14.2 Å². The molecule has 150 valence electrons. The Hall–Kier alpha value is -3.58. The fourth-order valence-electron chi connectivity index (χ4n) is 2.90. The van der Waals surface area contributed by atoms with E-state index in [0.717, 1.165) is 12.2 Å². The van der Waals surface area contributed by atoms with Crippen molar-refractivity contribution in [2.24, 2.45) is 5.73 Å². The third kappa shape index (κ3) is 4.47. The Bertz CT molecular complexity index is 922. The number of hydrogen-bond donors (Lipinski definition) is 1. The molecule has 2 N–H and O–H groups in total. The van der Waals surface area contributed by atoms with Gasteiger partial charge in [0.25, 0.3) is 0 Å². The Morgan fingerprint density at radius 3 is 1.72 bits per heavy atom. The number of nitrogens with two attached hydrogens (primary N) is 1. The molecule has 0 spiro atoms. The maximum absolute atomic E-state index is 12.2. The van der Waals surface area contributed by atoms with E-state index in [9.17, 15) is 9.59 Å². The van der Waals surface area contributed by atoms with Crippen LogP contribution in [0.15, 0.2) is 66.4 Å². The number of carbonyl (C=O) groups is 2. The van der Waals surface area contributed by atoms with Gasteiger partial charge in [0, 0.05) is 17.7 Å². The van der Waals surface area contributed by atoms with E-state index >= 15 is 0 Å². The maximum Gasteiger partial charge on any atom is 0.336 e. The van der Waals surface area contributed by atoms with E-state index in [1.807, 2.05) is 0 Å². The van der Waals surface area contributed by atoms with Gasteiger partial charge in [-0.25, -0.2) is 9.59 Å². The van der Waals surface area contributed by atoms with Gasteiger partial charge < -0.3 is 18.9 Å². The van der Waals surface area contributed by atoms with Crippen LogP contribution in [0.25, 0.3) is 5.57 Å². The molecule has 1 heterocycles. The average Bonchev–Trinajstić information content (AvgIpc) is 2.71. The summed E-state index contributed by atoms with van der Waals surface area (Å²) >= 11 is 0. The second-order valence-corrected chi connectivity index (χ2v) is 6.44. The molecule has 1 atom stereocenters. The average molecular weight is 395 g/mol. The van der Waals surface area contributed by atoms with Gasteiger partial charge in [-0.1, -0.05) is 24.3 Å². The molecule has 0 saturated heterocycles. The number of benzene rings is 2. The first-order valence-electron chi connectivity index (χ1n) is 8.79. The van der Waals surface area contributed by atoms with Crippen LogP contribution in [0, 0.1) is 0 Å². The van der Waals surface area contributed by atoms with Crippen LogP contribution < -0.4 is 15.2 Å². The van der Waals surface area contributed by atoms with Crippen LogP contribution >= 0.6 is 0 Å². The lowest BCUT2D eigenvalue weighted by atomic mass is 9.93. The Morgan fingerprint density at radius 1 is 0.828 bits per heavy atom. The van der Waals surface area contributed by atoms with Crippen molar-refractivity contribution in [3.05, 3.63) is 77.6 Å². The van der Waals surface area contributed by atoms with E-state index in [1.165, 1.54) is 6.92 Å². The molecule has 0 saturated carbocycles. The second-order valence-electron chi connectivity index (χ2n) is 6.44. The predicted octanol–water partition coefficient (Wildman–Crippen LogP) is 2.79. The molecular formula is C22H21NO6. The number of hydrogen-bond acceptors (Lipinski definition) is 7. The number of esters is 2. The summed E-state index contributed by atoms with van der Waals surface area (Å²) in [5, 5.41) is 0. The lowest BCUT2D eigenvalue weighted by molar-refractivity contribution is -0.156. The zero-order chi connectivity index (χ0) is 21.0. The summed E-state index contributed by atoms with van der Waals surface area (Å²) in [6.07, 6.45) is 1.97. The summed E-state index contributed by atoms with van der Waals surface area (Å²) in [4.78, 5) is 24.2. The topological polar surface area (TPSA) is 97.1 Å². The van der Waals surface area contributed by atoms with Gasteiger partial charge in [-0.3, -0.25) is 5.73 Å². The minimum absolute atomic E-state index is 0.00975. The van der Waals surface area contributed by atoms with Gasteiger partial charge in [0.1, 0.15) is 11.5 Å². The summed E-state index contributed by atoms with van der Waals surface area (Å²) in [6.45, 7) is 1.46. The van der Waals surface area contributed by atoms with Crippen LogP contribution in [-0.4, -0.2) is 31.9 Å². The molecule has 0 amide bonds. The number of cyclic esters (lactones) is 2. The largest absolute Gasteiger partial charge is 0.497 e. The molecule has 0 aromatic heterocycles. The summed E-state index contributed by atoms with van der Waals surface area (Å²) in [5.74, 6) is -0.143. The first-order chi connectivity index (χ1) is 13.8. The van der Waals surface area contributed by atoms with Gasteiger partial charge in [-0.2, -0.15) is 0 Å². The van der Waals surface area contributed by atoms with Gasteiger partial charge in [-0.05, 0) is 42.3 Å². The third-order valence-electron chi connectivity index (χ3n) is 4.31. The van der Waals surface area contributed by atoms with Crippen molar-refractivity contribution in [1.29, 1.82) is 0 Å². The van der Waals surface area contributed by atoms with Crippen LogP contribution in [0.1, 0.15) is 18.1 Å². The Balaban J connectivity index is 2.26. The van der Waals surface area contributed by atoms with Crippen LogP contribution in [0.2, 0.25) is 0 Å². The number of carbonyl (C=O) groups excluding carboxylic acids is 2. The van der Waals surface area contributed by atoms with Crippen molar-refractivity contribution in [3.63, 3.8) is 0 Å². The lowest BCUT2D eigenvalue weighted by Gasteiger charge is -2.30.